The van der Waals surface area contributed by atoms with E-state index in [0.717, 1.165) is 17.5 Å². The van der Waals surface area contributed by atoms with Crippen LogP contribution in [0.5, 0.6) is 11.5 Å². The number of hydrogen-bond donors (Lipinski definition) is 1. The number of halogens is 1. The minimum atomic E-state index is 0.526. The molecule has 100 valence electrons. The van der Waals surface area contributed by atoms with E-state index in [1.807, 2.05) is 12.1 Å². The van der Waals surface area contributed by atoms with Gasteiger partial charge in [0, 0.05) is 19.0 Å². The predicted molar refractivity (Wildman–Crippen MR) is 73.7 cm³/mol. The summed E-state index contributed by atoms with van der Waals surface area (Å²) in [5, 5.41) is 4.65. The van der Waals surface area contributed by atoms with Crippen molar-refractivity contribution in [3.05, 3.63) is 23.4 Å². The Labute approximate surface area is 115 Å². The SMILES string of the molecule is Cn1ncc(-c2cc(Cl)c3c(c2)OCCCO3)c1N. The second kappa shape index (κ2) is 4.66. The zero-order valence-corrected chi connectivity index (χ0v) is 11.3. The molecule has 2 heterocycles. The number of nitrogens with two attached hydrogens (primary N) is 1. The normalized spacial score (nSPS) is 14.2. The second-order valence-electron chi connectivity index (χ2n) is 4.40. The van der Waals surface area contributed by atoms with Gasteiger partial charge in [-0.25, -0.2) is 0 Å². The lowest BCUT2D eigenvalue weighted by atomic mass is 10.1. The number of hydrogen-bond acceptors (Lipinski definition) is 4. The highest BCUT2D eigenvalue weighted by atomic mass is 35.5. The monoisotopic (exact) mass is 279 g/mol. The molecule has 0 saturated heterocycles. The summed E-state index contributed by atoms with van der Waals surface area (Å²) in [5.41, 5.74) is 7.69. The van der Waals surface area contributed by atoms with Gasteiger partial charge in [0.05, 0.1) is 24.4 Å². The lowest BCUT2D eigenvalue weighted by Crippen LogP contribution is -1.98. The Hall–Kier alpha value is -1.88. The molecule has 0 radical (unpaired) electrons. The fourth-order valence-electron chi connectivity index (χ4n) is 2.06. The van der Waals surface area contributed by atoms with Crippen LogP contribution >= 0.6 is 11.6 Å². The first kappa shape index (κ1) is 12.2. The van der Waals surface area contributed by atoms with E-state index in [1.165, 1.54) is 0 Å². The van der Waals surface area contributed by atoms with Crippen molar-refractivity contribution >= 4 is 17.4 Å². The highest BCUT2D eigenvalue weighted by Gasteiger charge is 2.18. The van der Waals surface area contributed by atoms with Crippen molar-refractivity contribution in [3.63, 3.8) is 0 Å². The fraction of sp³-hybridized carbons (Fsp3) is 0.308. The third-order valence-corrected chi connectivity index (χ3v) is 3.38. The Morgan fingerprint density at radius 2 is 2.11 bits per heavy atom. The summed E-state index contributed by atoms with van der Waals surface area (Å²) in [7, 11) is 1.80. The van der Waals surface area contributed by atoms with E-state index in [1.54, 1.807) is 17.9 Å². The maximum atomic E-state index is 6.26. The number of fused-ring (bicyclic) bond motifs is 1. The first-order chi connectivity index (χ1) is 9.16. The highest BCUT2D eigenvalue weighted by Crippen LogP contribution is 2.41. The molecule has 6 heteroatoms. The first-order valence-corrected chi connectivity index (χ1v) is 6.41. The summed E-state index contributed by atoms with van der Waals surface area (Å²) in [6, 6.07) is 3.71. The molecule has 1 aromatic carbocycles. The molecule has 0 fully saturated rings. The molecule has 0 amide bonds. The van der Waals surface area contributed by atoms with Gasteiger partial charge in [-0.1, -0.05) is 11.6 Å². The largest absolute Gasteiger partial charge is 0.489 e. The van der Waals surface area contributed by atoms with Crippen molar-refractivity contribution in [1.29, 1.82) is 0 Å². The summed E-state index contributed by atoms with van der Waals surface area (Å²) in [6.07, 6.45) is 2.56. The number of benzene rings is 1. The van der Waals surface area contributed by atoms with Crippen molar-refractivity contribution in [1.82, 2.24) is 9.78 Å². The predicted octanol–water partition coefficient (Wildman–Crippen LogP) is 2.48. The van der Waals surface area contributed by atoms with Crippen molar-refractivity contribution < 1.29 is 9.47 Å². The van der Waals surface area contributed by atoms with E-state index < -0.39 is 0 Å². The molecule has 19 heavy (non-hydrogen) atoms. The minimum absolute atomic E-state index is 0.526. The van der Waals surface area contributed by atoms with Gasteiger partial charge in [0.1, 0.15) is 5.82 Å². The van der Waals surface area contributed by atoms with E-state index in [-0.39, 0.29) is 0 Å². The number of nitrogen functional groups attached to an aromatic ring is 1. The van der Waals surface area contributed by atoms with E-state index in [9.17, 15) is 0 Å². The molecule has 1 aliphatic rings. The third-order valence-electron chi connectivity index (χ3n) is 3.10. The van der Waals surface area contributed by atoms with Crippen molar-refractivity contribution in [3.8, 4) is 22.6 Å². The van der Waals surface area contributed by atoms with Crippen LogP contribution in [-0.4, -0.2) is 23.0 Å². The lowest BCUT2D eigenvalue weighted by molar-refractivity contribution is 0.297. The molecule has 0 saturated carbocycles. The Balaban J connectivity index is 2.11. The molecular weight excluding hydrogens is 266 g/mol. The molecular formula is C13H14ClN3O2. The number of nitrogens with zero attached hydrogens (tertiary/aromatic N) is 2. The average molecular weight is 280 g/mol. The molecule has 2 aromatic rings. The minimum Gasteiger partial charge on any atom is -0.489 e. The summed E-state index contributed by atoms with van der Waals surface area (Å²) < 4.78 is 12.9. The second-order valence-corrected chi connectivity index (χ2v) is 4.81. The van der Waals surface area contributed by atoms with Crippen molar-refractivity contribution in [2.75, 3.05) is 18.9 Å². The highest BCUT2D eigenvalue weighted by molar-refractivity contribution is 6.32. The van der Waals surface area contributed by atoms with Crippen LogP contribution in [0, 0.1) is 0 Å². The molecule has 1 aromatic heterocycles. The van der Waals surface area contributed by atoms with Gasteiger partial charge in [-0.15, -0.1) is 0 Å². The molecule has 0 aliphatic carbocycles. The van der Waals surface area contributed by atoms with Gasteiger partial charge in [0.15, 0.2) is 11.5 Å². The molecule has 5 nitrogen and oxygen atoms in total. The van der Waals surface area contributed by atoms with Gasteiger partial charge < -0.3 is 15.2 Å². The van der Waals surface area contributed by atoms with E-state index in [0.29, 0.717) is 35.6 Å². The van der Waals surface area contributed by atoms with Crippen molar-refractivity contribution in [2.24, 2.45) is 7.05 Å². The summed E-state index contributed by atoms with van der Waals surface area (Å²) >= 11 is 6.26. The Morgan fingerprint density at radius 3 is 2.84 bits per heavy atom. The number of aryl methyl sites for hydroxylation is 1. The van der Waals surface area contributed by atoms with Gasteiger partial charge in [0.25, 0.3) is 0 Å². The standard InChI is InChI=1S/C13H14ClN3O2/c1-17-13(15)9(7-16-17)8-5-10(14)12-11(6-8)18-3-2-4-19-12/h5-7H,2-4,15H2,1H3. The first-order valence-electron chi connectivity index (χ1n) is 6.04. The topological polar surface area (TPSA) is 62.3 Å². The molecule has 1 aliphatic heterocycles. The summed E-state index contributed by atoms with van der Waals surface area (Å²) in [6.45, 7) is 1.23. The molecule has 0 atom stereocenters. The van der Waals surface area contributed by atoms with Crippen LogP contribution in [0.3, 0.4) is 0 Å². The number of rotatable bonds is 1. The lowest BCUT2D eigenvalue weighted by Gasteiger charge is -2.11. The third kappa shape index (κ3) is 2.10. The Kier molecular flexibility index (Phi) is 2.98. The maximum absolute atomic E-state index is 6.26. The number of anilines is 1. The zero-order chi connectivity index (χ0) is 13.4. The quantitative estimate of drug-likeness (QED) is 0.871. The molecule has 0 bridgehead atoms. The van der Waals surface area contributed by atoms with Crippen LogP contribution in [-0.2, 0) is 7.05 Å². The van der Waals surface area contributed by atoms with Crippen LogP contribution in [0.2, 0.25) is 5.02 Å². The average Bonchev–Trinajstić information content (AvgIpc) is 2.62. The van der Waals surface area contributed by atoms with Gasteiger partial charge in [-0.05, 0) is 17.7 Å². The van der Waals surface area contributed by atoms with Crippen LogP contribution in [0.1, 0.15) is 6.42 Å². The van der Waals surface area contributed by atoms with Gasteiger partial charge >= 0.3 is 0 Å². The number of aromatic nitrogens is 2. The fourth-order valence-corrected chi connectivity index (χ4v) is 2.32. The van der Waals surface area contributed by atoms with Crippen molar-refractivity contribution in [2.45, 2.75) is 6.42 Å². The van der Waals surface area contributed by atoms with E-state index >= 15 is 0 Å². The molecule has 2 N–H and O–H groups in total. The van der Waals surface area contributed by atoms with Crippen LogP contribution < -0.4 is 15.2 Å². The van der Waals surface area contributed by atoms with Crippen LogP contribution in [0.25, 0.3) is 11.1 Å². The van der Waals surface area contributed by atoms with Crippen LogP contribution in [0.15, 0.2) is 18.3 Å². The van der Waals surface area contributed by atoms with Gasteiger partial charge in [0.2, 0.25) is 0 Å². The Morgan fingerprint density at radius 1 is 1.32 bits per heavy atom. The van der Waals surface area contributed by atoms with E-state index in [2.05, 4.69) is 5.10 Å². The molecule has 0 spiro atoms. The van der Waals surface area contributed by atoms with Crippen LogP contribution in [0.4, 0.5) is 5.82 Å². The van der Waals surface area contributed by atoms with E-state index in [4.69, 9.17) is 26.8 Å². The smallest absolute Gasteiger partial charge is 0.179 e. The zero-order valence-electron chi connectivity index (χ0n) is 10.5. The summed E-state index contributed by atoms with van der Waals surface area (Å²) in [5.74, 6) is 1.85. The summed E-state index contributed by atoms with van der Waals surface area (Å²) in [4.78, 5) is 0. The molecule has 0 unspecified atom stereocenters. The molecule has 3 rings (SSSR count). The number of ether oxygens (including phenoxy) is 2. The van der Waals surface area contributed by atoms with Gasteiger partial charge in [-0.3, -0.25) is 4.68 Å². The Bertz CT molecular complexity index is 625. The van der Waals surface area contributed by atoms with Gasteiger partial charge in [-0.2, -0.15) is 5.10 Å². The maximum Gasteiger partial charge on any atom is 0.179 e.